The quantitative estimate of drug-likeness (QED) is 0.621. The van der Waals surface area contributed by atoms with Gasteiger partial charge in [0.2, 0.25) is 0 Å². The third kappa shape index (κ3) is 4.53. The lowest BCUT2D eigenvalue weighted by molar-refractivity contribution is -0.213. The van der Waals surface area contributed by atoms with Gasteiger partial charge in [-0.25, -0.2) is 0 Å². The van der Waals surface area contributed by atoms with Gasteiger partial charge >= 0.3 is 0 Å². The first-order valence-electron chi connectivity index (χ1n) is 9.52. The average Bonchev–Trinajstić information content (AvgIpc) is 3.16. The molecule has 2 saturated heterocycles. The largest absolute Gasteiger partial charge is 0.387 e. The summed E-state index contributed by atoms with van der Waals surface area (Å²) in [6.45, 7) is 3.53. The van der Waals surface area contributed by atoms with E-state index < -0.39 is 50.9 Å². The van der Waals surface area contributed by atoms with Crippen LogP contribution in [0.4, 0.5) is 0 Å². The zero-order chi connectivity index (χ0) is 22.4. The summed E-state index contributed by atoms with van der Waals surface area (Å²) in [7, 11) is -8.54. The van der Waals surface area contributed by atoms with E-state index >= 15 is 0 Å². The van der Waals surface area contributed by atoms with Crippen LogP contribution in [-0.4, -0.2) is 59.3 Å². The first-order chi connectivity index (χ1) is 14.6. The summed E-state index contributed by atoms with van der Waals surface area (Å²) in [6.07, 6.45) is -6.64. The third-order valence-corrected chi connectivity index (χ3v) is 7.79. The highest BCUT2D eigenvalue weighted by atomic mass is 32.2. The van der Waals surface area contributed by atoms with E-state index in [-0.39, 0.29) is 16.4 Å². The van der Waals surface area contributed by atoms with Gasteiger partial charge in [-0.1, -0.05) is 35.4 Å². The van der Waals surface area contributed by atoms with Crippen LogP contribution in [0.5, 0.6) is 0 Å². The van der Waals surface area contributed by atoms with Crippen molar-refractivity contribution in [3.63, 3.8) is 0 Å². The van der Waals surface area contributed by atoms with Crippen molar-refractivity contribution in [3.8, 4) is 0 Å². The normalized spacial score (nSPS) is 28.5. The number of aryl methyl sites for hydroxylation is 2. The van der Waals surface area contributed by atoms with Crippen LogP contribution in [0.15, 0.2) is 58.3 Å². The van der Waals surface area contributed by atoms with Crippen LogP contribution in [0.25, 0.3) is 0 Å². The second-order valence-corrected chi connectivity index (χ2v) is 10.7. The van der Waals surface area contributed by atoms with Crippen molar-refractivity contribution in [2.75, 3.05) is 6.61 Å². The summed E-state index contributed by atoms with van der Waals surface area (Å²) in [6, 6.07) is 11.9. The first-order valence-corrected chi connectivity index (χ1v) is 12.3. The van der Waals surface area contributed by atoms with E-state index in [0.717, 1.165) is 11.1 Å². The fourth-order valence-electron chi connectivity index (χ4n) is 3.39. The molecule has 11 heteroatoms. The van der Waals surface area contributed by atoms with Crippen LogP contribution in [-0.2, 0) is 38.1 Å². The molecule has 0 amide bonds. The summed E-state index contributed by atoms with van der Waals surface area (Å²) in [5.74, 6) is 0. The Balaban J connectivity index is 1.57. The number of benzene rings is 2. The highest BCUT2D eigenvalue weighted by molar-refractivity contribution is 7.87. The SMILES string of the molecule is Cc1ccc(S(=O)(=O)OC2C3COC(O3)C(OS(=O)(=O)c3ccc(C)cc3)C2O)cc1. The van der Waals surface area contributed by atoms with E-state index in [9.17, 15) is 21.9 Å². The summed E-state index contributed by atoms with van der Waals surface area (Å²) >= 11 is 0. The van der Waals surface area contributed by atoms with Gasteiger partial charge in [0.1, 0.15) is 18.3 Å². The van der Waals surface area contributed by atoms with Gasteiger partial charge in [0.05, 0.1) is 16.4 Å². The number of aliphatic hydroxyl groups excluding tert-OH is 1. The van der Waals surface area contributed by atoms with Crippen LogP contribution >= 0.6 is 0 Å². The molecule has 9 nitrogen and oxygen atoms in total. The molecule has 0 spiro atoms. The van der Waals surface area contributed by atoms with Gasteiger partial charge in [0.15, 0.2) is 12.4 Å². The van der Waals surface area contributed by atoms with Gasteiger partial charge in [0, 0.05) is 0 Å². The maximum atomic E-state index is 12.7. The molecule has 0 aliphatic carbocycles. The van der Waals surface area contributed by atoms with E-state index in [1.165, 1.54) is 24.3 Å². The average molecular weight is 471 g/mol. The fourth-order valence-corrected chi connectivity index (χ4v) is 5.58. The van der Waals surface area contributed by atoms with E-state index in [1.807, 2.05) is 6.92 Å². The minimum atomic E-state index is -4.28. The molecule has 2 aliphatic rings. The predicted molar refractivity (Wildman–Crippen MR) is 107 cm³/mol. The third-order valence-electron chi connectivity index (χ3n) is 5.14. The van der Waals surface area contributed by atoms with E-state index in [4.69, 9.17) is 17.8 Å². The monoisotopic (exact) mass is 470 g/mol. The van der Waals surface area contributed by atoms with Crippen molar-refractivity contribution in [2.24, 2.45) is 0 Å². The smallest absolute Gasteiger partial charge is 0.297 e. The number of rotatable bonds is 6. The second-order valence-electron chi connectivity index (χ2n) is 7.52. The Labute approximate surface area is 180 Å². The molecule has 1 N–H and O–H groups in total. The Kier molecular flexibility index (Phi) is 5.94. The number of hydrogen-bond acceptors (Lipinski definition) is 9. The predicted octanol–water partition coefficient (Wildman–Crippen LogP) is 1.27. The molecular formula is C20H22O9S2. The highest BCUT2D eigenvalue weighted by Gasteiger charge is 2.54. The molecule has 2 aromatic rings. The fraction of sp³-hybridized carbons (Fsp3) is 0.400. The van der Waals surface area contributed by atoms with Crippen molar-refractivity contribution in [1.29, 1.82) is 0 Å². The summed E-state index contributed by atoms with van der Waals surface area (Å²) in [4.78, 5) is -0.216. The molecule has 2 aliphatic heterocycles. The van der Waals surface area contributed by atoms with Gasteiger partial charge in [0.25, 0.3) is 20.2 Å². The Morgan fingerprint density at radius 1 is 0.806 bits per heavy atom. The second kappa shape index (κ2) is 8.24. The van der Waals surface area contributed by atoms with Crippen LogP contribution in [0.1, 0.15) is 11.1 Å². The molecule has 0 aromatic heterocycles. The van der Waals surface area contributed by atoms with Gasteiger partial charge in [-0.3, -0.25) is 8.37 Å². The molecule has 5 unspecified atom stereocenters. The molecule has 0 radical (unpaired) electrons. The summed E-state index contributed by atoms with van der Waals surface area (Å²) in [5.41, 5.74) is 1.72. The van der Waals surface area contributed by atoms with Crippen molar-refractivity contribution in [3.05, 3.63) is 59.7 Å². The van der Waals surface area contributed by atoms with Crippen molar-refractivity contribution < 1.29 is 39.8 Å². The van der Waals surface area contributed by atoms with Gasteiger partial charge in [-0.15, -0.1) is 0 Å². The molecule has 31 heavy (non-hydrogen) atoms. The lowest BCUT2D eigenvalue weighted by Crippen LogP contribution is -2.56. The zero-order valence-corrected chi connectivity index (χ0v) is 18.4. The zero-order valence-electron chi connectivity index (χ0n) is 16.7. The number of fused-ring (bicyclic) bond motifs is 2. The van der Waals surface area contributed by atoms with E-state index in [2.05, 4.69) is 0 Å². The topological polar surface area (TPSA) is 125 Å². The van der Waals surface area contributed by atoms with Crippen molar-refractivity contribution >= 4 is 20.2 Å². The molecular weight excluding hydrogens is 448 g/mol. The van der Waals surface area contributed by atoms with Crippen LogP contribution < -0.4 is 0 Å². The Bertz CT molecular complexity index is 1050. The number of hydrogen-bond donors (Lipinski definition) is 1. The molecule has 2 aromatic carbocycles. The van der Waals surface area contributed by atoms with Crippen LogP contribution in [0.3, 0.4) is 0 Å². The highest BCUT2D eigenvalue weighted by Crippen LogP contribution is 2.35. The number of aliphatic hydroxyl groups is 1. The standard InChI is InChI=1S/C20H22O9S2/c1-12-3-7-14(8-4-12)30(22,23)28-18-16-11-26-20(27-16)19(17(18)21)29-31(24,25)15-9-5-13(2)6-10-15/h3-10,16-21H,11H2,1-2H3. The minimum absolute atomic E-state index is 0.0831. The van der Waals surface area contributed by atoms with E-state index in [0.29, 0.717) is 0 Å². The van der Waals surface area contributed by atoms with Gasteiger partial charge in [-0.2, -0.15) is 16.8 Å². The maximum Gasteiger partial charge on any atom is 0.297 e. The van der Waals surface area contributed by atoms with Crippen molar-refractivity contribution in [1.82, 2.24) is 0 Å². The number of ether oxygens (including phenoxy) is 2. The molecule has 2 fully saturated rings. The summed E-state index contributed by atoms with van der Waals surface area (Å²) in [5, 5.41) is 10.8. The molecule has 2 bridgehead atoms. The molecule has 2 heterocycles. The first kappa shape index (κ1) is 22.3. The van der Waals surface area contributed by atoms with Gasteiger partial charge in [-0.05, 0) is 38.1 Å². The van der Waals surface area contributed by atoms with Crippen LogP contribution in [0, 0.1) is 13.8 Å². The molecule has 0 saturated carbocycles. The van der Waals surface area contributed by atoms with E-state index in [1.54, 1.807) is 31.2 Å². The Morgan fingerprint density at radius 2 is 1.26 bits per heavy atom. The molecule has 5 atom stereocenters. The Morgan fingerprint density at radius 3 is 1.74 bits per heavy atom. The summed E-state index contributed by atoms with van der Waals surface area (Å²) < 4.78 is 72.1. The Hall–Kier alpha value is -1.86. The maximum absolute atomic E-state index is 12.7. The molecule has 4 rings (SSSR count). The van der Waals surface area contributed by atoms with Crippen molar-refractivity contribution in [2.45, 2.75) is 54.3 Å². The minimum Gasteiger partial charge on any atom is -0.387 e. The lowest BCUT2D eigenvalue weighted by atomic mass is 10.0. The van der Waals surface area contributed by atoms with Crippen LogP contribution in [0.2, 0.25) is 0 Å². The van der Waals surface area contributed by atoms with Gasteiger partial charge < -0.3 is 14.6 Å². The molecule has 168 valence electrons. The lowest BCUT2D eigenvalue weighted by Gasteiger charge is -2.36.